The van der Waals surface area contributed by atoms with Crippen LogP contribution in [0.4, 0.5) is 5.69 Å². The van der Waals surface area contributed by atoms with Gasteiger partial charge in [0.15, 0.2) is 0 Å². The molecule has 0 saturated heterocycles. The van der Waals surface area contributed by atoms with E-state index >= 15 is 0 Å². The fourth-order valence-electron chi connectivity index (χ4n) is 1.77. The number of nitrogens with one attached hydrogen (secondary N) is 2. The van der Waals surface area contributed by atoms with Gasteiger partial charge in [-0.15, -0.1) is 0 Å². The van der Waals surface area contributed by atoms with E-state index < -0.39 is 0 Å². The number of carbonyl (C=O) groups excluding carboxylic acids is 1. The molecule has 0 heterocycles. The van der Waals surface area contributed by atoms with Crippen LogP contribution in [0.15, 0.2) is 24.3 Å². The normalized spacial score (nSPS) is 14.3. The molecule has 2 atom stereocenters. The minimum atomic E-state index is -0.0386. The van der Waals surface area contributed by atoms with Gasteiger partial charge in [0, 0.05) is 24.7 Å². The van der Waals surface area contributed by atoms with Crippen molar-refractivity contribution < 1.29 is 4.79 Å². The lowest BCUT2D eigenvalue weighted by Gasteiger charge is -2.23. The summed E-state index contributed by atoms with van der Waals surface area (Å²) in [5.74, 6) is 0.564. The summed E-state index contributed by atoms with van der Waals surface area (Å²) in [5, 5.41) is 6.37. The highest BCUT2D eigenvalue weighted by Crippen LogP contribution is 2.18. The third kappa shape index (κ3) is 4.49. The Kier molecular flexibility index (Phi) is 5.35. The van der Waals surface area contributed by atoms with Crippen molar-refractivity contribution in [3.63, 3.8) is 0 Å². The van der Waals surface area contributed by atoms with E-state index in [-0.39, 0.29) is 11.9 Å². The third-order valence-corrected chi connectivity index (χ3v) is 3.22. The molecule has 18 heavy (non-hydrogen) atoms. The lowest BCUT2D eigenvalue weighted by Crippen LogP contribution is -2.33. The Balaban J connectivity index is 2.73. The van der Waals surface area contributed by atoms with Crippen LogP contribution in [0.3, 0.4) is 0 Å². The first-order valence-corrected chi connectivity index (χ1v) is 6.53. The molecule has 100 valence electrons. The van der Waals surface area contributed by atoms with Gasteiger partial charge in [-0.3, -0.25) is 4.79 Å². The van der Waals surface area contributed by atoms with Crippen LogP contribution in [0.25, 0.3) is 0 Å². The maximum absolute atomic E-state index is 11.0. The molecule has 1 amide bonds. The summed E-state index contributed by atoms with van der Waals surface area (Å²) in [6.45, 7) is 10.3. The standard InChI is InChI=1S/C15H24N2O/c1-10(2)11(3)16-12(4)14-7-6-8-15(9-14)17-13(5)18/h6-12,16H,1-5H3,(H,17,18). The van der Waals surface area contributed by atoms with E-state index in [2.05, 4.69) is 44.4 Å². The lowest BCUT2D eigenvalue weighted by molar-refractivity contribution is -0.114. The molecule has 0 aliphatic rings. The molecule has 1 aromatic carbocycles. The first kappa shape index (κ1) is 14.7. The molecule has 0 aliphatic heterocycles. The summed E-state index contributed by atoms with van der Waals surface area (Å²) in [7, 11) is 0. The topological polar surface area (TPSA) is 41.1 Å². The minimum absolute atomic E-state index is 0.0386. The van der Waals surface area contributed by atoms with Gasteiger partial charge in [0.2, 0.25) is 5.91 Å². The molecule has 0 bridgehead atoms. The molecule has 3 heteroatoms. The maximum atomic E-state index is 11.0. The Bertz CT molecular complexity index is 401. The van der Waals surface area contributed by atoms with Crippen molar-refractivity contribution >= 4 is 11.6 Å². The van der Waals surface area contributed by atoms with Crippen LogP contribution < -0.4 is 10.6 Å². The molecule has 2 unspecified atom stereocenters. The number of hydrogen-bond acceptors (Lipinski definition) is 2. The number of hydrogen-bond donors (Lipinski definition) is 2. The largest absolute Gasteiger partial charge is 0.326 e. The summed E-state index contributed by atoms with van der Waals surface area (Å²) >= 11 is 0. The highest BCUT2D eigenvalue weighted by Gasteiger charge is 2.12. The van der Waals surface area contributed by atoms with Crippen LogP contribution >= 0.6 is 0 Å². The van der Waals surface area contributed by atoms with E-state index in [1.807, 2.05) is 18.2 Å². The number of amides is 1. The molecule has 1 rings (SSSR count). The van der Waals surface area contributed by atoms with Crippen molar-refractivity contribution in [2.75, 3.05) is 5.32 Å². The Labute approximate surface area is 110 Å². The van der Waals surface area contributed by atoms with Gasteiger partial charge >= 0.3 is 0 Å². The van der Waals surface area contributed by atoms with Crippen molar-refractivity contribution in [2.45, 2.75) is 46.7 Å². The van der Waals surface area contributed by atoms with Crippen molar-refractivity contribution in [3.8, 4) is 0 Å². The molecule has 1 aromatic rings. The second kappa shape index (κ2) is 6.55. The molecule has 0 radical (unpaired) electrons. The van der Waals surface area contributed by atoms with Crippen LogP contribution in [0.2, 0.25) is 0 Å². The average molecular weight is 248 g/mol. The summed E-state index contributed by atoms with van der Waals surface area (Å²) in [6.07, 6.45) is 0. The zero-order chi connectivity index (χ0) is 13.7. The molecular weight excluding hydrogens is 224 g/mol. The molecule has 3 nitrogen and oxygen atoms in total. The smallest absolute Gasteiger partial charge is 0.221 e. The van der Waals surface area contributed by atoms with E-state index in [0.29, 0.717) is 12.0 Å². The van der Waals surface area contributed by atoms with Gasteiger partial charge in [0.25, 0.3) is 0 Å². The third-order valence-electron chi connectivity index (χ3n) is 3.22. The molecule has 2 N–H and O–H groups in total. The van der Waals surface area contributed by atoms with Gasteiger partial charge in [-0.2, -0.15) is 0 Å². The van der Waals surface area contributed by atoms with E-state index in [9.17, 15) is 4.79 Å². The summed E-state index contributed by atoms with van der Waals surface area (Å²) < 4.78 is 0. The summed E-state index contributed by atoms with van der Waals surface area (Å²) in [4.78, 5) is 11.0. The van der Waals surface area contributed by atoms with Gasteiger partial charge < -0.3 is 10.6 Å². The van der Waals surface area contributed by atoms with Crippen molar-refractivity contribution in [1.82, 2.24) is 5.32 Å². The first-order chi connectivity index (χ1) is 8.40. The van der Waals surface area contributed by atoms with Crippen LogP contribution in [-0.2, 0) is 4.79 Å². The van der Waals surface area contributed by atoms with Gasteiger partial charge in [0.1, 0.15) is 0 Å². The molecular formula is C15H24N2O. The zero-order valence-electron chi connectivity index (χ0n) is 11.9. The van der Waals surface area contributed by atoms with Crippen LogP contribution in [0.1, 0.15) is 46.2 Å². The Morgan fingerprint density at radius 2 is 1.83 bits per heavy atom. The van der Waals surface area contributed by atoms with Crippen molar-refractivity contribution in [2.24, 2.45) is 5.92 Å². The fraction of sp³-hybridized carbons (Fsp3) is 0.533. The average Bonchev–Trinajstić information content (AvgIpc) is 2.28. The Morgan fingerprint density at radius 1 is 1.17 bits per heavy atom. The van der Waals surface area contributed by atoms with Gasteiger partial charge in [-0.1, -0.05) is 26.0 Å². The first-order valence-electron chi connectivity index (χ1n) is 6.53. The molecule has 0 aliphatic carbocycles. The second-order valence-electron chi connectivity index (χ2n) is 5.23. The highest BCUT2D eigenvalue weighted by atomic mass is 16.1. The van der Waals surface area contributed by atoms with Gasteiger partial charge in [0.05, 0.1) is 0 Å². The monoisotopic (exact) mass is 248 g/mol. The van der Waals surface area contributed by atoms with Crippen LogP contribution in [0.5, 0.6) is 0 Å². The highest BCUT2D eigenvalue weighted by molar-refractivity contribution is 5.88. The van der Waals surface area contributed by atoms with Crippen molar-refractivity contribution in [3.05, 3.63) is 29.8 Å². The number of anilines is 1. The lowest BCUT2D eigenvalue weighted by atomic mass is 10.0. The number of benzene rings is 1. The van der Waals surface area contributed by atoms with Crippen molar-refractivity contribution in [1.29, 1.82) is 0 Å². The Hall–Kier alpha value is -1.35. The zero-order valence-corrected chi connectivity index (χ0v) is 11.9. The molecule has 0 spiro atoms. The predicted molar refractivity (Wildman–Crippen MR) is 76.6 cm³/mol. The van der Waals surface area contributed by atoms with Crippen LogP contribution in [-0.4, -0.2) is 11.9 Å². The molecule has 0 aromatic heterocycles. The summed E-state index contributed by atoms with van der Waals surface area (Å²) in [6, 6.07) is 8.71. The maximum Gasteiger partial charge on any atom is 0.221 e. The predicted octanol–water partition coefficient (Wildman–Crippen LogP) is 3.34. The van der Waals surface area contributed by atoms with Crippen LogP contribution in [0, 0.1) is 5.92 Å². The number of rotatable bonds is 5. The quantitative estimate of drug-likeness (QED) is 0.839. The molecule has 0 fully saturated rings. The number of carbonyl (C=O) groups is 1. The summed E-state index contributed by atoms with van der Waals surface area (Å²) in [5.41, 5.74) is 2.04. The van der Waals surface area contributed by atoms with E-state index in [1.165, 1.54) is 12.5 Å². The fourth-order valence-corrected chi connectivity index (χ4v) is 1.77. The second-order valence-corrected chi connectivity index (χ2v) is 5.23. The molecule has 0 saturated carbocycles. The van der Waals surface area contributed by atoms with E-state index in [1.54, 1.807) is 0 Å². The van der Waals surface area contributed by atoms with Gasteiger partial charge in [-0.05, 0) is 37.5 Å². The Morgan fingerprint density at radius 3 is 2.39 bits per heavy atom. The van der Waals surface area contributed by atoms with Gasteiger partial charge in [-0.25, -0.2) is 0 Å². The van der Waals surface area contributed by atoms with E-state index in [4.69, 9.17) is 0 Å². The SMILES string of the molecule is CC(=O)Nc1cccc(C(C)NC(C)C(C)C)c1. The minimum Gasteiger partial charge on any atom is -0.326 e. The van der Waals surface area contributed by atoms with E-state index in [0.717, 1.165) is 5.69 Å².